The first kappa shape index (κ1) is 15.0. The van der Waals surface area contributed by atoms with Gasteiger partial charge >= 0.3 is 0 Å². The van der Waals surface area contributed by atoms with E-state index < -0.39 is 0 Å². The predicted octanol–water partition coefficient (Wildman–Crippen LogP) is 2.95. The monoisotopic (exact) mass is 275 g/mol. The lowest BCUT2D eigenvalue weighted by Gasteiger charge is -1.82. The minimum absolute atomic E-state index is 0.968. The van der Waals surface area contributed by atoms with Crippen molar-refractivity contribution in [3.63, 3.8) is 0 Å². The van der Waals surface area contributed by atoms with Crippen LogP contribution in [0.25, 0.3) is 0 Å². The van der Waals surface area contributed by atoms with Crippen LogP contribution in [-0.2, 0) is 0 Å². The SMILES string of the molecule is Cc1ccccn1.Cc1ncc[nH]1.Cc1ncns1. The smallest absolute Gasteiger partial charge is 0.129 e. The van der Waals surface area contributed by atoms with Crippen LogP contribution in [0.1, 0.15) is 16.5 Å². The summed E-state index contributed by atoms with van der Waals surface area (Å²) in [5.41, 5.74) is 1.07. The van der Waals surface area contributed by atoms with Gasteiger partial charge in [0, 0.05) is 24.3 Å². The maximum Gasteiger partial charge on any atom is 0.129 e. The van der Waals surface area contributed by atoms with Crippen molar-refractivity contribution in [2.24, 2.45) is 0 Å². The highest BCUT2D eigenvalue weighted by molar-refractivity contribution is 7.05. The normalized spacial score (nSPS) is 8.79. The maximum absolute atomic E-state index is 3.98. The van der Waals surface area contributed by atoms with Gasteiger partial charge in [0.2, 0.25) is 0 Å². The third-order valence-electron chi connectivity index (χ3n) is 1.92. The Labute approximate surface area is 117 Å². The van der Waals surface area contributed by atoms with Crippen molar-refractivity contribution in [1.29, 1.82) is 0 Å². The van der Waals surface area contributed by atoms with E-state index in [0.29, 0.717) is 0 Å². The Morgan fingerprint density at radius 1 is 1.00 bits per heavy atom. The van der Waals surface area contributed by atoms with Gasteiger partial charge in [0.25, 0.3) is 0 Å². The minimum Gasteiger partial charge on any atom is -0.349 e. The molecule has 100 valence electrons. The lowest BCUT2D eigenvalue weighted by atomic mass is 10.4. The van der Waals surface area contributed by atoms with Gasteiger partial charge in [-0.2, -0.15) is 4.37 Å². The number of aromatic amines is 1. The van der Waals surface area contributed by atoms with Gasteiger partial charge in [-0.05, 0) is 44.4 Å². The molecule has 19 heavy (non-hydrogen) atoms. The summed E-state index contributed by atoms with van der Waals surface area (Å²) in [6.45, 7) is 5.82. The maximum atomic E-state index is 3.98. The standard InChI is InChI=1S/C6H7N.C4H6N2.C3H4N2S/c1-6-4-2-3-5-7-6;1-4-5-2-3-6-4;1-3-4-2-5-6-3/h2-5H,1H3;2-3H,1H3,(H,5,6);2H,1H3. The van der Waals surface area contributed by atoms with E-state index >= 15 is 0 Å². The van der Waals surface area contributed by atoms with Gasteiger partial charge in [-0.1, -0.05) is 6.07 Å². The van der Waals surface area contributed by atoms with Crippen molar-refractivity contribution in [2.75, 3.05) is 0 Å². The molecule has 0 aliphatic heterocycles. The molecule has 3 rings (SSSR count). The second-order valence-corrected chi connectivity index (χ2v) is 4.59. The number of rotatable bonds is 0. The van der Waals surface area contributed by atoms with E-state index in [0.717, 1.165) is 16.5 Å². The molecule has 0 aromatic carbocycles. The molecule has 0 unspecified atom stereocenters. The van der Waals surface area contributed by atoms with E-state index in [-0.39, 0.29) is 0 Å². The highest BCUT2D eigenvalue weighted by Gasteiger charge is 1.78. The highest BCUT2D eigenvalue weighted by Crippen LogP contribution is 1.92. The fourth-order valence-corrected chi connectivity index (χ4v) is 1.36. The van der Waals surface area contributed by atoms with E-state index in [1.807, 2.05) is 39.0 Å². The quantitative estimate of drug-likeness (QED) is 0.685. The Balaban J connectivity index is 0.000000143. The number of hydrogen-bond acceptors (Lipinski definition) is 5. The summed E-state index contributed by atoms with van der Waals surface area (Å²) in [6.07, 6.45) is 6.88. The van der Waals surface area contributed by atoms with Crippen LogP contribution in [0.15, 0.2) is 43.1 Å². The van der Waals surface area contributed by atoms with Crippen molar-refractivity contribution in [3.05, 3.63) is 59.6 Å². The predicted molar refractivity (Wildman–Crippen MR) is 76.9 cm³/mol. The zero-order valence-corrected chi connectivity index (χ0v) is 12.1. The van der Waals surface area contributed by atoms with E-state index in [4.69, 9.17) is 0 Å². The van der Waals surface area contributed by atoms with Crippen molar-refractivity contribution in [1.82, 2.24) is 24.3 Å². The Morgan fingerprint density at radius 3 is 2.05 bits per heavy atom. The van der Waals surface area contributed by atoms with Crippen LogP contribution in [0.3, 0.4) is 0 Å². The molecule has 0 spiro atoms. The van der Waals surface area contributed by atoms with Crippen LogP contribution in [0.4, 0.5) is 0 Å². The van der Waals surface area contributed by atoms with Crippen molar-refractivity contribution in [3.8, 4) is 0 Å². The fraction of sp³-hybridized carbons (Fsp3) is 0.231. The summed E-state index contributed by atoms with van der Waals surface area (Å²) in [6, 6.07) is 5.86. The zero-order chi connectivity index (χ0) is 13.9. The molecule has 0 fully saturated rings. The average Bonchev–Trinajstić information content (AvgIpc) is 3.05. The van der Waals surface area contributed by atoms with E-state index in [1.165, 1.54) is 11.5 Å². The summed E-state index contributed by atoms with van der Waals surface area (Å²) < 4.78 is 3.75. The molecule has 0 atom stereocenters. The Hall–Kier alpha value is -2.08. The van der Waals surface area contributed by atoms with Gasteiger partial charge < -0.3 is 4.98 Å². The van der Waals surface area contributed by atoms with Crippen LogP contribution < -0.4 is 0 Å². The number of pyridine rings is 1. The molecule has 0 saturated carbocycles. The Kier molecular flexibility index (Phi) is 7.04. The second-order valence-electron chi connectivity index (χ2n) is 3.61. The number of nitrogens with zero attached hydrogens (tertiary/aromatic N) is 4. The first-order chi connectivity index (χ1) is 9.18. The number of nitrogens with one attached hydrogen (secondary N) is 1. The van der Waals surface area contributed by atoms with Crippen molar-refractivity contribution in [2.45, 2.75) is 20.8 Å². The zero-order valence-electron chi connectivity index (χ0n) is 11.2. The van der Waals surface area contributed by atoms with Gasteiger partial charge in [-0.15, -0.1) is 0 Å². The lowest BCUT2D eigenvalue weighted by Crippen LogP contribution is -1.72. The topological polar surface area (TPSA) is 67.3 Å². The van der Waals surface area contributed by atoms with Crippen LogP contribution in [-0.4, -0.2) is 24.3 Å². The van der Waals surface area contributed by atoms with E-state index in [2.05, 4.69) is 24.3 Å². The van der Waals surface area contributed by atoms with Crippen LogP contribution in [0.5, 0.6) is 0 Å². The minimum atomic E-state index is 0.968. The third kappa shape index (κ3) is 7.77. The molecule has 3 heterocycles. The van der Waals surface area contributed by atoms with E-state index in [9.17, 15) is 0 Å². The number of H-pyrrole nitrogens is 1. The number of hydrogen-bond donors (Lipinski definition) is 1. The third-order valence-corrected chi connectivity index (χ3v) is 2.49. The summed E-state index contributed by atoms with van der Waals surface area (Å²) in [5, 5.41) is 1.02. The fourth-order valence-electron chi connectivity index (χ4n) is 1.02. The molecular weight excluding hydrogens is 258 g/mol. The molecule has 0 radical (unpaired) electrons. The molecule has 5 nitrogen and oxygen atoms in total. The summed E-state index contributed by atoms with van der Waals surface area (Å²) >= 11 is 1.42. The molecular formula is C13H17N5S. The first-order valence-electron chi connectivity index (χ1n) is 5.75. The Morgan fingerprint density at radius 2 is 1.84 bits per heavy atom. The van der Waals surface area contributed by atoms with Crippen molar-refractivity contribution < 1.29 is 0 Å². The van der Waals surface area contributed by atoms with Gasteiger partial charge in [-0.25, -0.2) is 9.97 Å². The molecule has 3 aromatic heterocycles. The van der Waals surface area contributed by atoms with Gasteiger partial charge in [0.15, 0.2) is 0 Å². The summed E-state index contributed by atoms with van der Waals surface area (Å²) in [4.78, 5) is 14.6. The van der Waals surface area contributed by atoms with Gasteiger partial charge in [-0.3, -0.25) is 4.98 Å². The van der Waals surface area contributed by atoms with Crippen LogP contribution in [0, 0.1) is 20.8 Å². The average molecular weight is 275 g/mol. The van der Waals surface area contributed by atoms with E-state index in [1.54, 1.807) is 24.9 Å². The first-order valence-corrected chi connectivity index (χ1v) is 6.52. The second kappa shape index (κ2) is 8.93. The largest absolute Gasteiger partial charge is 0.349 e. The number of aryl methyl sites for hydroxylation is 3. The Bertz CT molecular complexity index is 487. The number of aromatic nitrogens is 5. The van der Waals surface area contributed by atoms with Crippen LogP contribution in [0.2, 0.25) is 0 Å². The van der Waals surface area contributed by atoms with Gasteiger partial charge in [0.1, 0.15) is 17.2 Å². The molecule has 1 N–H and O–H groups in total. The molecule has 3 aromatic rings. The van der Waals surface area contributed by atoms with Crippen molar-refractivity contribution >= 4 is 11.5 Å². The summed E-state index contributed by atoms with van der Waals surface area (Å²) in [5.74, 6) is 0.968. The summed E-state index contributed by atoms with van der Waals surface area (Å²) in [7, 11) is 0. The number of imidazole rings is 1. The van der Waals surface area contributed by atoms with Crippen LogP contribution >= 0.6 is 11.5 Å². The highest BCUT2D eigenvalue weighted by atomic mass is 32.1. The molecule has 0 aliphatic carbocycles. The lowest BCUT2D eigenvalue weighted by molar-refractivity contribution is 1.15. The molecule has 0 aliphatic rings. The molecule has 6 heteroatoms. The molecule has 0 saturated heterocycles. The molecule has 0 amide bonds. The van der Waals surface area contributed by atoms with Gasteiger partial charge in [0.05, 0.1) is 0 Å². The molecule has 0 bridgehead atoms.